The molecule has 38 heavy (non-hydrogen) atoms. The van der Waals surface area contributed by atoms with Crippen molar-refractivity contribution >= 4 is 16.1 Å². The van der Waals surface area contributed by atoms with Crippen LogP contribution >= 0.6 is 0 Å². The van der Waals surface area contributed by atoms with Gasteiger partial charge in [-0.1, -0.05) is 12.1 Å². The van der Waals surface area contributed by atoms with Gasteiger partial charge in [0.05, 0.1) is 17.0 Å². The van der Waals surface area contributed by atoms with Crippen LogP contribution in [0.4, 0.5) is 13.6 Å². The number of piperidine rings is 1. The number of ether oxygens (including phenoxy) is 1. The SMILES string of the molecule is CC1CN(CC2CC2)CCN1C(=O)OC[C@H]1CCC[C@@H](c2cccc(F)c2)N1S(=O)(=O)c1ccc(F)cc1. The van der Waals surface area contributed by atoms with Crippen LogP contribution in [-0.4, -0.2) is 73.5 Å². The third-order valence-corrected chi connectivity index (χ3v) is 9.84. The topological polar surface area (TPSA) is 70.2 Å². The quantitative estimate of drug-likeness (QED) is 0.498. The molecule has 2 aromatic carbocycles. The van der Waals surface area contributed by atoms with Gasteiger partial charge < -0.3 is 9.64 Å². The normalized spacial score (nSPS) is 25.3. The second-order valence-electron chi connectivity index (χ2n) is 10.8. The molecule has 0 bridgehead atoms. The molecule has 1 unspecified atom stereocenters. The number of carbonyl (C=O) groups is 1. The Kier molecular flexibility index (Phi) is 8.02. The summed E-state index contributed by atoms with van der Waals surface area (Å²) >= 11 is 0. The van der Waals surface area contributed by atoms with E-state index in [-0.39, 0.29) is 17.5 Å². The van der Waals surface area contributed by atoms with E-state index in [9.17, 15) is 22.0 Å². The fourth-order valence-corrected chi connectivity index (χ4v) is 7.56. The largest absolute Gasteiger partial charge is 0.448 e. The zero-order valence-electron chi connectivity index (χ0n) is 21.6. The molecule has 3 fully saturated rings. The molecule has 206 valence electrons. The summed E-state index contributed by atoms with van der Waals surface area (Å²) in [5.74, 6) is -0.210. The van der Waals surface area contributed by atoms with Crippen LogP contribution in [0.15, 0.2) is 53.4 Å². The van der Waals surface area contributed by atoms with Gasteiger partial charge in [0.25, 0.3) is 0 Å². The first kappa shape index (κ1) is 27.0. The predicted octanol–water partition coefficient (Wildman–Crippen LogP) is 4.80. The Hall–Kier alpha value is -2.56. The molecule has 2 saturated heterocycles. The molecule has 0 radical (unpaired) electrons. The van der Waals surface area contributed by atoms with Crippen LogP contribution in [0.2, 0.25) is 0 Å². The number of piperazine rings is 1. The highest BCUT2D eigenvalue weighted by Gasteiger charge is 2.42. The van der Waals surface area contributed by atoms with E-state index in [0.29, 0.717) is 31.4 Å². The second kappa shape index (κ2) is 11.3. The van der Waals surface area contributed by atoms with Crippen LogP contribution in [0.25, 0.3) is 0 Å². The van der Waals surface area contributed by atoms with Crippen molar-refractivity contribution in [3.8, 4) is 0 Å². The number of amides is 1. The minimum absolute atomic E-state index is 0.000416. The lowest BCUT2D eigenvalue weighted by Crippen LogP contribution is -2.55. The lowest BCUT2D eigenvalue weighted by atomic mass is 9.93. The number of halogens is 2. The molecule has 3 aliphatic rings. The first-order chi connectivity index (χ1) is 18.2. The summed E-state index contributed by atoms with van der Waals surface area (Å²) < 4.78 is 62.5. The van der Waals surface area contributed by atoms with Gasteiger partial charge in [-0.2, -0.15) is 4.31 Å². The highest BCUT2D eigenvalue weighted by Crippen LogP contribution is 2.39. The Morgan fingerprint density at radius 1 is 1.00 bits per heavy atom. The molecule has 0 aromatic heterocycles. The number of hydrogen-bond acceptors (Lipinski definition) is 5. The molecule has 1 saturated carbocycles. The summed E-state index contributed by atoms with van der Waals surface area (Å²) in [6.45, 7) is 5.13. The highest BCUT2D eigenvalue weighted by molar-refractivity contribution is 7.89. The van der Waals surface area contributed by atoms with Crippen LogP contribution in [0.3, 0.4) is 0 Å². The zero-order chi connectivity index (χ0) is 26.9. The molecule has 2 heterocycles. The van der Waals surface area contributed by atoms with Crippen LogP contribution in [0.5, 0.6) is 0 Å². The van der Waals surface area contributed by atoms with Gasteiger partial charge in [-0.3, -0.25) is 4.90 Å². The standard InChI is InChI=1S/C28H35F2N3O4S/c1-20-17-31(18-21-8-9-21)14-15-32(20)28(34)37-19-25-6-3-7-27(22-4-2-5-24(30)16-22)33(25)38(35,36)26-12-10-23(29)11-13-26/h2,4-5,10-13,16,20-21,25,27H,3,6-9,14-15,17-19H2,1H3/t20?,25-,27+/m1/s1. The average Bonchev–Trinajstić information content (AvgIpc) is 3.71. The summed E-state index contributed by atoms with van der Waals surface area (Å²) in [5.41, 5.74) is 0.534. The van der Waals surface area contributed by atoms with Crippen molar-refractivity contribution in [2.75, 3.05) is 32.8 Å². The van der Waals surface area contributed by atoms with Gasteiger partial charge >= 0.3 is 6.09 Å². The first-order valence-corrected chi connectivity index (χ1v) is 14.9. The monoisotopic (exact) mass is 547 g/mol. The zero-order valence-corrected chi connectivity index (χ0v) is 22.5. The van der Waals surface area contributed by atoms with Crippen molar-refractivity contribution in [1.82, 2.24) is 14.1 Å². The summed E-state index contributed by atoms with van der Waals surface area (Å²) in [6.07, 6.45) is 3.79. The van der Waals surface area contributed by atoms with E-state index in [2.05, 4.69) is 4.90 Å². The molecule has 2 aliphatic heterocycles. The summed E-state index contributed by atoms with van der Waals surface area (Å²) in [4.78, 5) is 17.1. The number of hydrogen-bond donors (Lipinski definition) is 0. The third kappa shape index (κ3) is 6.02. The number of rotatable bonds is 7. The average molecular weight is 548 g/mol. The molecule has 7 nitrogen and oxygen atoms in total. The van der Waals surface area contributed by atoms with Crippen LogP contribution in [0, 0.1) is 17.6 Å². The Morgan fingerprint density at radius 2 is 1.76 bits per heavy atom. The molecule has 1 amide bonds. The van der Waals surface area contributed by atoms with Crippen molar-refractivity contribution in [2.24, 2.45) is 5.92 Å². The Morgan fingerprint density at radius 3 is 2.45 bits per heavy atom. The number of sulfonamides is 1. The predicted molar refractivity (Wildman–Crippen MR) is 139 cm³/mol. The number of benzene rings is 2. The van der Waals surface area contributed by atoms with Gasteiger partial charge in [-0.05, 0) is 86.9 Å². The Bertz CT molecular complexity index is 1240. The molecule has 0 spiro atoms. The maximum Gasteiger partial charge on any atom is 0.410 e. The van der Waals surface area contributed by atoms with Crippen molar-refractivity contribution in [3.63, 3.8) is 0 Å². The van der Waals surface area contributed by atoms with E-state index >= 15 is 0 Å². The van der Waals surface area contributed by atoms with Crippen LogP contribution in [0.1, 0.15) is 50.6 Å². The molecular weight excluding hydrogens is 512 g/mol. The maximum atomic E-state index is 14.1. The van der Waals surface area contributed by atoms with Gasteiger partial charge in [0.1, 0.15) is 18.2 Å². The van der Waals surface area contributed by atoms with E-state index in [1.54, 1.807) is 17.0 Å². The fourth-order valence-electron chi connectivity index (χ4n) is 5.72. The smallest absolute Gasteiger partial charge is 0.410 e. The molecule has 10 heteroatoms. The molecular formula is C28H35F2N3O4S. The van der Waals surface area contributed by atoms with E-state index in [1.165, 1.54) is 41.4 Å². The minimum atomic E-state index is -4.10. The molecule has 3 atom stereocenters. The Balaban J connectivity index is 1.34. The highest BCUT2D eigenvalue weighted by atomic mass is 32.2. The third-order valence-electron chi connectivity index (χ3n) is 7.86. The Labute approximate surface area is 223 Å². The summed E-state index contributed by atoms with van der Waals surface area (Å²) in [7, 11) is -4.10. The van der Waals surface area contributed by atoms with E-state index < -0.39 is 39.8 Å². The van der Waals surface area contributed by atoms with Crippen molar-refractivity contribution in [3.05, 3.63) is 65.7 Å². The van der Waals surface area contributed by atoms with Crippen LogP contribution in [-0.2, 0) is 14.8 Å². The fraction of sp³-hybridized carbons (Fsp3) is 0.536. The molecule has 2 aromatic rings. The number of carbonyl (C=O) groups excluding carboxylic acids is 1. The van der Waals surface area contributed by atoms with E-state index in [1.807, 2.05) is 6.92 Å². The van der Waals surface area contributed by atoms with Gasteiger partial charge in [0.2, 0.25) is 10.0 Å². The first-order valence-electron chi connectivity index (χ1n) is 13.4. The van der Waals surface area contributed by atoms with Gasteiger partial charge in [-0.15, -0.1) is 0 Å². The van der Waals surface area contributed by atoms with Crippen molar-refractivity contribution < 1.29 is 26.7 Å². The molecule has 5 rings (SSSR count). The lowest BCUT2D eigenvalue weighted by Gasteiger charge is -2.42. The van der Waals surface area contributed by atoms with Gasteiger partial charge in [0.15, 0.2) is 0 Å². The van der Waals surface area contributed by atoms with Gasteiger partial charge in [-0.25, -0.2) is 22.0 Å². The molecule has 0 N–H and O–H groups in total. The van der Waals surface area contributed by atoms with Crippen molar-refractivity contribution in [2.45, 2.75) is 62.0 Å². The van der Waals surface area contributed by atoms with Crippen molar-refractivity contribution in [1.29, 1.82) is 0 Å². The maximum absolute atomic E-state index is 14.1. The summed E-state index contributed by atoms with van der Waals surface area (Å²) in [5, 5.41) is 0. The van der Waals surface area contributed by atoms with Crippen LogP contribution < -0.4 is 0 Å². The minimum Gasteiger partial charge on any atom is -0.448 e. The number of nitrogens with zero attached hydrogens (tertiary/aromatic N) is 3. The lowest BCUT2D eigenvalue weighted by molar-refractivity contribution is 0.0318. The second-order valence-corrected chi connectivity index (χ2v) is 12.6. The summed E-state index contributed by atoms with van der Waals surface area (Å²) in [6, 6.07) is 9.32. The van der Waals surface area contributed by atoms with Gasteiger partial charge in [0, 0.05) is 32.2 Å². The van der Waals surface area contributed by atoms with E-state index in [4.69, 9.17) is 4.74 Å². The van der Waals surface area contributed by atoms with E-state index in [0.717, 1.165) is 37.7 Å². The molecule has 1 aliphatic carbocycles.